The van der Waals surface area contributed by atoms with Crippen LogP contribution < -0.4 is 5.32 Å². The molecule has 0 spiro atoms. The normalized spacial score (nSPS) is 21.4. The third-order valence-corrected chi connectivity index (χ3v) is 3.70. The number of rotatable bonds is 4. The minimum atomic E-state index is 0.307. The van der Waals surface area contributed by atoms with Crippen LogP contribution >= 0.6 is 0 Å². The maximum absolute atomic E-state index is 5.73. The topological polar surface area (TPSA) is 42.3 Å². The Bertz CT molecular complexity index is 400. The number of hydrogen-bond acceptors (Lipinski definition) is 4. The number of hydrogen-bond donors (Lipinski definition) is 1. The van der Waals surface area contributed by atoms with Gasteiger partial charge in [-0.05, 0) is 20.9 Å². The maximum atomic E-state index is 5.73. The Morgan fingerprint density at radius 3 is 2.83 bits per heavy atom. The Kier molecular flexibility index (Phi) is 4.37. The standard InChI is InChI=1S/C13H24N4O/c1-10-13(11(2)16(4)15-10)9-17-5-6-18-12(8-17)7-14-3/h12,14H,5-9H2,1-4H3. The van der Waals surface area contributed by atoms with Gasteiger partial charge >= 0.3 is 0 Å². The highest BCUT2D eigenvalue weighted by atomic mass is 16.5. The third kappa shape index (κ3) is 2.91. The van der Waals surface area contributed by atoms with Crippen LogP contribution in [0.15, 0.2) is 0 Å². The fourth-order valence-electron chi connectivity index (χ4n) is 2.55. The van der Waals surface area contributed by atoms with Gasteiger partial charge < -0.3 is 10.1 Å². The molecule has 1 saturated heterocycles. The molecule has 1 N–H and O–H groups in total. The van der Waals surface area contributed by atoms with Crippen molar-refractivity contribution in [2.24, 2.45) is 7.05 Å². The number of nitrogens with one attached hydrogen (secondary N) is 1. The third-order valence-electron chi connectivity index (χ3n) is 3.70. The van der Waals surface area contributed by atoms with Crippen LogP contribution in [-0.4, -0.2) is 54.1 Å². The van der Waals surface area contributed by atoms with E-state index in [0.717, 1.165) is 38.5 Å². The van der Waals surface area contributed by atoms with Crippen LogP contribution in [0.2, 0.25) is 0 Å². The molecule has 0 aromatic carbocycles. The van der Waals surface area contributed by atoms with Crippen LogP contribution in [0.25, 0.3) is 0 Å². The van der Waals surface area contributed by atoms with E-state index >= 15 is 0 Å². The zero-order valence-corrected chi connectivity index (χ0v) is 11.9. The molecule has 0 bridgehead atoms. The van der Waals surface area contributed by atoms with Crippen LogP contribution in [0, 0.1) is 13.8 Å². The Balaban J connectivity index is 2.00. The zero-order valence-electron chi connectivity index (χ0n) is 11.9. The highest BCUT2D eigenvalue weighted by Crippen LogP contribution is 2.16. The summed E-state index contributed by atoms with van der Waals surface area (Å²) in [6.07, 6.45) is 0.307. The summed E-state index contributed by atoms with van der Waals surface area (Å²) in [5.41, 5.74) is 3.78. The molecule has 1 aliphatic rings. The lowest BCUT2D eigenvalue weighted by atomic mass is 10.1. The van der Waals surface area contributed by atoms with E-state index < -0.39 is 0 Å². The summed E-state index contributed by atoms with van der Waals surface area (Å²) < 4.78 is 7.70. The first-order valence-electron chi connectivity index (χ1n) is 6.59. The molecule has 18 heavy (non-hydrogen) atoms. The molecular weight excluding hydrogens is 228 g/mol. The fraction of sp³-hybridized carbons (Fsp3) is 0.769. The number of nitrogens with zero attached hydrogens (tertiary/aromatic N) is 3. The molecule has 1 unspecified atom stereocenters. The second kappa shape index (κ2) is 5.82. The van der Waals surface area contributed by atoms with Gasteiger partial charge in [-0.1, -0.05) is 0 Å². The van der Waals surface area contributed by atoms with Gasteiger partial charge in [-0.25, -0.2) is 0 Å². The van der Waals surface area contributed by atoms with Crippen LogP contribution in [0.4, 0.5) is 0 Å². The highest BCUT2D eigenvalue weighted by Gasteiger charge is 2.21. The van der Waals surface area contributed by atoms with E-state index in [-0.39, 0.29) is 0 Å². The maximum Gasteiger partial charge on any atom is 0.0826 e. The number of aromatic nitrogens is 2. The second-order valence-corrected chi connectivity index (χ2v) is 5.06. The summed E-state index contributed by atoms with van der Waals surface area (Å²) in [6.45, 7) is 8.96. The lowest BCUT2D eigenvalue weighted by Crippen LogP contribution is -2.45. The van der Waals surface area contributed by atoms with E-state index in [2.05, 4.69) is 29.2 Å². The predicted octanol–water partition coefficient (Wildman–Crippen LogP) is 0.457. The van der Waals surface area contributed by atoms with Crippen molar-refractivity contribution in [3.63, 3.8) is 0 Å². The average molecular weight is 252 g/mol. The number of ether oxygens (including phenoxy) is 1. The minimum Gasteiger partial charge on any atom is -0.374 e. The number of aryl methyl sites for hydroxylation is 2. The lowest BCUT2D eigenvalue weighted by Gasteiger charge is -2.32. The monoisotopic (exact) mass is 252 g/mol. The summed E-state index contributed by atoms with van der Waals surface area (Å²) in [6, 6.07) is 0. The smallest absolute Gasteiger partial charge is 0.0826 e. The van der Waals surface area contributed by atoms with Gasteiger partial charge in [0.15, 0.2) is 0 Å². The lowest BCUT2D eigenvalue weighted by molar-refractivity contribution is -0.0292. The van der Waals surface area contributed by atoms with Gasteiger partial charge in [0, 0.05) is 44.5 Å². The van der Waals surface area contributed by atoms with Crippen LogP contribution in [0.5, 0.6) is 0 Å². The van der Waals surface area contributed by atoms with Gasteiger partial charge in [-0.2, -0.15) is 5.10 Å². The summed E-state index contributed by atoms with van der Waals surface area (Å²) in [7, 11) is 3.98. The zero-order chi connectivity index (χ0) is 13.1. The molecule has 0 aliphatic carbocycles. The van der Waals surface area contributed by atoms with Gasteiger partial charge in [0.25, 0.3) is 0 Å². The van der Waals surface area contributed by atoms with Gasteiger partial charge in [-0.3, -0.25) is 9.58 Å². The van der Waals surface area contributed by atoms with Crippen molar-refractivity contribution >= 4 is 0 Å². The van der Waals surface area contributed by atoms with Crippen LogP contribution in [0.1, 0.15) is 17.0 Å². The summed E-state index contributed by atoms with van der Waals surface area (Å²) in [4.78, 5) is 2.46. The molecule has 0 saturated carbocycles. The van der Waals surface area contributed by atoms with Crippen LogP contribution in [-0.2, 0) is 18.3 Å². The molecule has 5 heteroatoms. The number of likely N-dealkylation sites (N-methyl/N-ethyl adjacent to an activating group) is 1. The van der Waals surface area contributed by atoms with E-state index in [0.29, 0.717) is 6.10 Å². The number of morpholine rings is 1. The Labute approximate surface area is 109 Å². The first kappa shape index (κ1) is 13.5. The molecule has 1 aliphatic heterocycles. The first-order valence-corrected chi connectivity index (χ1v) is 6.59. The van der Waals surface area contributed by atoms with Crippen molar-refractivity contribution in [2.75, 3.05) is 33.3 Å². The van der Waals surface area contributed by atoms with Crippen LogP contribution in [0.3, 0.4) is 0 Å². The average Bonchev–Trinajstić information content (AvgIpc) is 2.57. The molecule has 1 atom stereocenters. The Hall–Kier alpha value is -0.910. The van der Waals surface area contributed by atoms with Gasteiger partial charge in [0.05, 0.1) is 18.4 Å². The van der Waals surface area contributed by atoms with Crippen molar-refractivity contribution in [1.29, 1.82) is 0 Å². The van der Waals surface area contributed by atoms with Crippen molar-refractivity contribution in [1.82, 2.24) is 20.0 Å². The molecule has 2 heterocycles. The predicted molar refractivity (Wildman–Crippen MR) is 71.6 cm³/mol. The van der Waals surface area contributed by atoms with Crippen molar-refractivity contribution < 1.29 is 4.74 Å². The van der Waals surface area contributed by atoms with Gasteiger partial charge in [0.1, 0.15) is 0 Å². The Morgan fingerprint density at radius 1 is 1.44 bits per heavy atom. The summed E-state index contributed by atoms with van der Waals surface area (Å²) in [5, 5.41) is 7.66. The molecule has 2 rings (SSSR count). The molecular formula is C13H24N4O. The van der Waals surface area contributed by atoms with Crippen molar-refractivity contribution in [2.45, 2.75) is 26.5 Å². The van der Waals surface area contributed by atoms with E-state index in [1.165, 1.54) is 11.3 Å². The quantitative estimate of drug-likeness (QED) is 0.845. The molecule has 1 aromatic rings. The second-order valence-electron chi connectivity index (χ2n) is 5.06. The fourth-order valence-corrected chi connectivity index (χ4v) is 2.55. The molecule has 0 amide bonds. The minimum absolute atomic E-state index is 0.307. The molecule has 1 aromatic heterocycles. The van der Waals surface area contributed by atoms with E-state index in [1.54, 1.807) is 0 Å². The van der Waals surface area contributed by atoms with E-state index in [4.69, 9.17) is 4.74 Å². The molecule has 0 radical (unpaired) electrons. The SMILES string of the molecule is CNCC1CN(Cc2c(C)nn(C)c2C)CCO1. The van der Waals surface area contributed by atoms with E-state index in [1.807, 2.05) is 18.8 Å². The molecule has 5 nitrogen and oxygen atoms in total. The first-order chi connectivity index (χ1) is 8.61. The Morgan fingerprint density at radius 2 is 2.22 bits per heavy atom. The molecule has 102 valence electrons. The largest absolute Gasteiger partial charge is 0.374 e. The summed E-state index contributed by atoms with van der Waals surface area (Å²) >= 11 is 0. The van der Waals surface area contributed by atoms with Crippen molar-refractivity contribution in [3.8, 4) is 0 Å². The van der Waals surface area contributed by atoms with E-state index in [9.17, 15) is 0 Å². The van der Waals surface area contributed by atoms with Gasteiger partial charge in [-0.15, -0.1) is 0 Å². The summed E-state index contributed by atoms with van der Waals surface area (Å²) in [5.74, 6) is 0. The molecule has 1 fully saturated rings. The van der Waals surface area contributed by atoms with Gasteiger partial charge in [0.2, 0.25) is 0 Å². The highest BCUT2D eigenvalue weighted by molar-refractivity contribution is 5.24. The van der Waals surface area contributed by atoms with Crippen molar-refractivity contribution in [3.05, 3.63) is 17.0 Å².